The number of anilines is 1. The average molecular weight is 257 g/mol. The zero-order chi connectivity index (χ0) is 13.2. The number of fused-ring (bicyclic) bond motifs is 1. The van der Waals surface area contributed by atoms with E-state index in [2.05, 4.69) is 5.10 Å². The first-order chi connectivity index (χ1) is 9.29. The molecule has 0 saturated carbocycles. The third kappa shape index (κ3) is 2.18. The number of nitrogens with zero attached hydrogens (tertiary/aromatic N) is 2. The van der Waals surface area contributed by atoms with E-state index in [1.807, 2.05) is 35.9 Å². The molecule has 100 valence electrons. The Kier molecular flexibility index (Phi) is 3.15. The minimum absolute atomic E-state index is 0.684. The molecule has 2 aromatic rings. The van der Waals surface area contributed by atoms with E-state index < -0.39 is 0 Å². The van der Waals surface area contributed by atoms with Gasteiger partial charge < -0.3 is 10.5 Å². The molecule has 0 radical (unpaired) electrons. The zero-order valence-corrected chi connectivity index (χ0v) is 11.2. The average Bonchev–Trinajstić information content (AvgIpc) is 2.78. The predicted molar refractivity (Wildman–Crippen MR) is 75.8 cm³/mol. The van der Waals surface area contributed by atoms with Crippen molar-refractivity contribution in [3.8, 4) is 11.4 Å². The first-order valence-corrected chi connectivity index (χ1v) is 6.89. The van der Waals surface area contributed by atoms with Crippen LogP contribution in [0.1, 0.15) is 31.0 Å². The molecule has 0 amide bonds. The Labute approximate surface area is 113 Å². The van der Waals surface area contributed by atoms with Crippen molar-refractivity contribution >= 4 is 5.82 Å². The minimum Gasteiger partial charge on any atom is -0.494 e. The van der Waals surface area contributed by atoms with Crippen LogP contribution in [-0.4, -0.2) is 16.4 Å². The minimum atomic E-state index is 0.684. The third-order valence-electron chi connectivity index (χ3n) is 3.60. The molecule has 1 heterocycles. The van der Waals surface area contributed by atoms with Gasteiger partial charge >= 0.3 is 0 Å². The quantitative estimate of drug-likeness (QED) is 0.919. The molecule has 0 unspecified atom stereocenters. The molecule has 0 fully saturated rings. The molecule has 0 saturated heterocycles. The summed E-state index contributed by atoms with van der Waals surface area (Å²) >= 11 is 0. The SMILES string of the molecule is CCOc1ccc(-n2nc(N)c3c2CCCC3)cc1. The van der Waals surface area contributed by atoms with Crippen LogP contribution in [0, 0.1) is 0 Å². The molecule has 1 aromatic carbocycles. The van der Waals surface area contributed by atoms with Crippen LogP contribution in [0.2, 0.25) is 0 Å². The Hall–Kier alpha value is -1.97. The largest absolute Gasteiger partial charge is 0.494 e. The zero-order valence-electron chi connectivity index (χ0n) is 11.2. The van der Waals surface area contributed by atoms with E-state index in [-0.39, 0.29) is 0 Å². The topological polar surface area (TPSA) is 53.1 Å². The fourth-order valence-corrected chi connectivity index (χ4v) is 2.69. The highest BCUT2D eigenvalue weighted by atomic mass is 16.5. The molecule has 1 aliphatic carbocycles. The number of hydrogen-bond donors (Lipinski definition) is 1. The van der Waals surface area contributed by atoms with E-state index >= 15 is 0 Å². The normalized spacial score (nSPS) is 14.2. The second-order valence-electron chi connectivity index (χ2n) is 4.86. The lowest BCUT2D eigenvalue weighted by atomic mass is 9.97. The third-order valence-corrected chi connectivity index (χ3v) is 3.60. The summed E-state index contributed by atoms with van der Waals surface area (Å²) in [6, 6.07) is 8.02. The number of nitrogens with two attached hydrogens (primary N) is 1. The first-order valence-electron chi connectivity index (χ1n) is 6.89. The maximum Gasteiger partial charge on any atom is 0.149 e. The summed E-state index contributed by atoms with van der Waals surface area (Å²) < 4.78 is 7.45. The summed E-state index contributed by atoms with van der Waals surface area (Å²) in [6.45, 7) is 2.67. The summed E-state index contributed by atoms with van der Waals surface area (Å²) in [4.78, 5) is 0. The van der Waals surface area contributed by atoms with Gasteiger partial charge in [0.15, 0.2) is 0 Å². The second-order valence-corrected chi connectivity index (χ2v) is 4.86. The number of rotatable bonds is 3. The van der Waals surface area contributed by atoms with E-state index in [9.17, 15) is 0 Å². The van der Waals surface area contributed by atoms with Gasteiger partial charge in [0.25, 0.3) is 0 Å². The molecule has 0 atom stereocenters. The maximum absolute atomic E-state index is 6.02. The van der Waals surface area contributed by atoms with Crippen LogP contribution >= 0.6 is 0 Å². The molecular weight excluding hydrogens is 238 g/mol. The van der Waals surface area contributed by atoms with Crippen LogP contribution in [0.4, 0.5) is 5.82 Å². The summed E-state index contributed by atoms with van der Waals surface area (Å²) in [5.74, 6) is 1.57. The van der Waals surface area contributed by atoms with Crippen molar-refractivity contribution < 1.29 is 4.74 Å². The van der Waals surface area contributed by atoms with Crippen LogP contribution in [0.3, 0.4) is 0 Å². The fourth-order valence-electron chi connectivity index (χ4n) is 2.69. The van der Waals surface area contributed by atoms with Gasteiger partial charge in [0.05, 0.1) is 12.3 Å². The van der Waals surface area contributed by atoms with Crippen molar-refractivity contribution in [1.82, 2.24) is 9.78 Å². The van der Waals surface area contributed by atoms with Gasteiger partial charge in [0, 0.05) is 11.3 Å². The summed E-state index contributed by atoms with van der Waals surface area (Å²) in [7, 11) is 0. The maximum atomic E-state index is 6.02. The Morgan fingerprint density at radius 2 is 1.95 bits per heavy atom. The molecule has 0 aliphatic heterocycles. The number of hydrogen-bond acceptors (Lipinski definition) is 3. The molecule has 3 rings (SSSR count). The van der Waals surface area contributed by atoms with Gasteiger partial charge in [0.2, 0.25) is 0 Å². The van der Waals surface area contributed by atoms with Crippen molar-refractivity contribution in [1.29, 1.82) is 0 Å². The van der Waals surface area contributed by atoms with Crippen LogP contribution in [0.25, 0.3) is 5.69 Å². The molecule has 0 spiro atoms. The van der Waals surface area contributed by atoms with Gasteiger partial charge in [0.1, 0.15) is 11.6 Å². The molecule has 0 bridgehead atoms. The predicted octanol–water partition coefficient (Wildman–Crippen LogP) is 2.73. The van der Waals surface area contributed by atoms with Crippen LogP contribution in [0.5, 0.6) is 5.75 Å². The van der Waals surface area contributed by atoms with Crippen molar-refractivity contribution in [2.75, 3.05) is 12.3 Å². The highest BCUT2D eigenvalue weighted by Gasteiger charge is 2.19. The van der Waals surface area contributed by atoms with Gasteiger partial charge in [-0.2, -0.15) is 5.10 Å². The van der Waals surface area contributed by atoms with Crippen LogP contribution < -0.4 is 10.5 Å². The lowest BCUT2D eigenvalue weighted by Crippen LogP contribution is -2.07. The number of benzene rings is 1. The van der Waals surface area contributed by atoms with Crippen LogP contribution in [0.15, 0.2) is 24.3 Å². The van der Waals surface area contributed by atoms with Gasteiger partial charge in [-0.3, -0.25) is 0 Å². The smallest absolute Gasteiger partial charge is 0.149 e. The number of nitrogen functional groups attached to an aromatic ring is 1. The molecule has 4 heteroatoms. The Bertz CT molecular complexity index is 572. The molecular formula is C15H19N3O. The lowest BCUT2D eigenvalue weighted by Gasteiger charge is -2.14. The van der Waals surface area contributed by atoms with E-state index in [1.54, 1.807) is 0 Å². The summed E-state index contributed by atoms with van der Waals surface area (Å²) in [6.07, 6.45) is 4.55. The van der Waals surface area contributed by atoms with E-state index in [0.717, 1.165) is 24.3 Å². The molecule has 1 aliphatic rings. The van der Waals surface area contributed by atoms with E-state index in [0.29, 0.717) is 12.4 Å². The monoisotopic (exact) mass is 257 g/mol. The molecule has 19 heavy (non-hydrogen) atoms. The number of ether oxygens (including phenoxy) is 1. The van der Waals surface area contributed by atoms with Crippen molar-refractivity contribution in [3.63, 3.8) is 0 Å². The second kappa shape index (κ2) is 4.96. The van der Waals surface area contributed by atoms with Crippen molar-refractivity contribution in [2.24, 2.45) is 0 Å². The van der Waals surface area contributed by atoms with E-state index in [4.69, 9.17) is 10.5 Å². The molecule has 4 nitrogen and oxygen atoms in total. The number of aromatic nitrogens is 2. The molecule has 1 aromatic heterocycles. The first kappa shape index (κ1) is 12.1. The van der Waals surface area contributed by atoms with Crippen molar-refractivity contribution in [3.05, 3.63) is 35.5 Å². The van der Waals surface area contributed by atoms with Crippen molar-refractivity contribution in [2.45, 2.75) is 32.6 Å². The lowest BCUT2D eigenvalue weighted by molar-refractivity contribution is 0.340. The standard InChI is InChI=1S/C15H19N3O/c1-2-19-12-9-7-11(8-10-12)18-14-6-4-3-5-13(14)15(16)17-18/h7-10H,2-6H2,1H3,(H2,16,17). The molecule has 2 N–H and O–H groups in total. The Morgan fingerprint density at radius 3 is 2.68 bits per heavy atom. The van der Waals surface area contributed by atoms with Gasteiger partial charge in [-0.15, -0.1) is 0 Å². The van der Waals surface area contributed by atoms with Gasteiger partial charge in [-0.1, -0.05) is 0 Å². The van der Waals surface area contributed by atoms with Crippen LogP contribution in [-0.2, 0) is 12.8 Å². The summed E-state index contributed by atoms with van der Waals surface area (Å²) in [5, 5.41) is 4.49. The highest BCUT2D eigenvalue weighted by Crippen LogP contribution is 2.28. The van der Waals surface area contributed by atoms with Gasteiger partial charge in [-0.25, -0.2) is 4.68 Å². The summed E-state index contributed by atoms with van der Waals surface area (Å²) in [5.41, 5.74) is 9.58. The highest BCUT2D eigenvalue weighted by molar-refractivity contribution is 5.49. The van der Waals surface area contributed by atoms with E-state index in [1.165, 1.54) is 24.1 Å². The Morgan fingerprint density at radius 1 is 1.21 bits per heavy atom. The van der Waals surface area contributed by atoms with Gasteiger partial charge in [-0.05, 0) is 56.9 Å². The fraction of sp³-hybridized carbons (Fsp3) is 0.400. The Balaban J connectivity index is 1.97.